The van der Waals surface area contributed by atoms with Crippen molar-refractivity contribution in [1.82, 2.24) is 0 Å². The van der Waals surface area contributed by atoms with E-state index < -0.39 is 0 Å². The van der Waals surface area contributed by atoms with Crippen molar-refractivity contribution in [3.8, 4) is 5.75 Å². The standard InChI is InChI=1S/C14H21NO2/c1-10-5-4-6-12(13(10)15)16-9-11-7-8-14(2,3)17-11/h4-6,11H,7-9,15H2,1-3H3. The third-order valence-corrected chi connectivity index (χ3v) is 3.26. The summed E-state index contributed by atoms with van der Waals surface area (Å²) in [5.74, 6) is 0.762. The van der Waals surface area contributed by atoms with Gasteiger partial charge in [-0.15, -0.1) is 0 Å². The van der Waals surface area contributed by atoms with Gasteiger partial charge in [0.2, 0.25) is 0 Å². The number of anilines is 1. The number of benzene rings is 1. The van der Waals surface area contributed by atoms with Crippen molar-refractivity contribution in [2.75, 3.05) is 12.3 Å². The molecule has 0 aromatic heterocycles. The maximum absolute atomic E-state index is 5.95. The molecule has 1 aromatic rings. The van der Waals surface area contributed by atoms with Crippen LogP contribution in [-0.2, 0) is 4.74 Å². The van der Waals surface area contributed by atoms with Crippen LogP contribution in [0.25, 0.3) is 0 Å². The molecule has 0 aliphatic carbocycles. The van der Waals surface area contributed by atoms with E-state index in [1.165, 1.54) is 0 Å². The zero-order valence-electron chi connectivity index (χ0n) is 10.8. The third kappa shape index (κ3) is 2.91. The maximum Gasteiger partial charge on any atom is 0.142 e. The SMILES string of the molecule is Cc1cccc(OCC2CCC(C)(C)O2)c1N. The van der Waals surface area contributed by atoms with Gasteiger partial charge in [-0.25, -0.2) is 0 Å². The molecule has 0 amide bonds. The molecule has 2 rings (SSSR count). The molecule has 3 heteroatoms. The summed E-state index contributed by atoms with van der Waals surface area (Å²) < 4.78 is 11.6. The van der Waals surface area contributed by atoms with E-state index in [0.29, 0.717) is 6.61 Å². The zero-order chi connectivity index (χ0) is 12.5. The van der Waals surface area contributed by atoms with Gasteiger partial charge in [-0.05, 0) is 45.2 Å². The molecule has 1 aliphatic heterocycles. The largest absolute Gasteiger partial charge is 0.489 e. The number of nitrogens with two attached hydrogens (primary N) is 1. The Kier molecular flexibility index (Phi) is 3.29. The Bertz CT molecular complexity index is 401. The summed E-state index contributed by atoms with van der Waals surface area (Å²) in [5.41, 5.74) is 7.72. The van der Waals surface area contributed by atoms with Crippen molar-refractivity contribution >= 4 is 5.69 Å². The lowest BCUT2D eigenvalue weighted by atomic mass is 10.1. The lowest BCUT2D eigenvalue weighted by molar-refractivity contribution is -0.0325. The topological polar surface area (TPSA) is 44.5 Å². The molecule has 17 heavy (non-hydrogen) atoms. The monoisotopic (exact) mass is 235 g/mol. The average molecular weight is 235 g/mol. The van der Waals surface area contributed by atoms with Crippen LogP contribution < -0.4 is 10.5 Å². The van der Waals surface area contributed by atoms with Crippen LogP contribution in [0, 0.1) is 6.92 Å². The van der Waals surface area contributed by atoms with Gasteiger partial charge >= 0.3 is 0 Å². The Morgan fingerprint density at radius 3 is 2.88 bits per heavy atom. The Labute approximate surface area is 103 Å². The number of aryl methyl sites for hydroxylation is 1. The Hall–Kier alpha value is -1.22. The molecule has 3 nitrogen and oxygen atoms in total. The second kappa shape index (κ2) is 4.57. The minimum Gasteiger partial charge on any atom is -0.489 e. The minimum atomic E-state index is -0.00776. The fourth-order valence-corrected chi connectivity index (χ4v) is 2.16. The minimum absolute atomic E-state index is 0.00776. The molecule has 1 atom stereocenters. The highest BCUT2D eigenvalue weighted by Gasteiger charge is 2.31. The number of ether oxygens (including phenoxy) is 2. The lowest BCUT2D eigenvalue weighted by Gasteiger charge is -2.20. The summed E-state index contributed by atoms with van der Waals surface area (Å²) in [6.07, 6.45) is 2.33. The van der Waals surface area contributed by atoms with Gasteiger partial charge in [0, 0.05) is 0 Å². The third-order valence-electron chi connectivity index (χ3n) is 3.26. The number of nitrogen functional groups attached to an aromatic ring is 1. The molecule has 0 radical (unpaired) electrons. The Balaban J connectivity index is 1.93. The smallest absolute Gasteiger partial charge is 0.142 e. The molecule has 1 aliphatic rings. The lowest BCUT2D eigenvalue weighted by Crippen LogP contribution is -2.24. The van der Waals surface area contributed by atoms with E-state index in [1.807, 2.05) is 25.1 Å². The molecule has 1 aromatic carbocycles. The van der Waals surface area contributed by atoms with Crippen LogP contribution in [0.1, 0.15) is 32.3 Å². The van der Waals surface area contributed by atoms with Crippen molar-refractivity contribution in [2.45, 2.75) is 45.3 Å². The first-order valence-corrected chi connectivity index (χ1v) is 6.14. The maximum atomic E-state index is 5.95. The van der Waals surface area contributed by atoms with Crippen LogP contribution in [0.15, 0.2) is 18.2 Å². The van der Waals surface area contributed by atoms with Crippen molar-refractivity contribution in [1.29, 1.82) is 0 Å². The van der Waals surface area contributed by atoms with Crippen molar-refractivity contribution < 1.29 is 9.47 Å². The summed E-state index contributed by atoms with van der Waals surface area (Å²) in [5, 5.41) is 0. The van der Waals surface area contributed by atoms with Crippen molar-refractivity contribution in [3.05, 3.63) is 23.8 Å². The average Bonchev–Trinajstić information content (AvgIpc) is 2.61. The fraction of sp³-hybridized carbons (Fsp3) is 0.571. The predicted octanol–water partition coefficient (Wildman–Crippen LogP) is 2.91. The zero-order valence-corrected chi connectivity index (χ0v) is 10.8. The number of hydrogen-bond acceptors (Lipinski definition) is 3. The first-order chi connectivity index (χ1) is 7.98. The Morgan fingerprint density at radius 2 is 2.24 bits per heavy atom. The van der Waals surface area contributed by atoms with Gasteiger partial charge in [0.1, 0.15) is 12.4 Å². The van der Waals surface area contributed by atoms with Gasteiger partial charge in [0.25, 0.3) is 0 Å². The first-order valence-electron chi connectivity index (χ1n) is 6.14. The van der Waals surface area contributed by atoms with Crippen LogP contribution in [0.2, 0.25) is 0 Å². The van der Waals surface area contributed by atoms with Crippen LogP contribution in [0.5, 0.6) is 5.75 Å². The molecule has 1 heterocycles. The Morgan fingerprint density at radius 1 is 1.47 bits per heavy atom. The van der Waals surface area contributed by atoms with Gasteiger partial charge < -0.3 is 15.2 Å². The quantitative estimate of drug-likeness (QED) is 0.819. The summed E-state index contributed by atoms with van der Waals surface area (Å²) in [4.78, 5) is 0. The highest BCUT2D eigenvalue weighted by atomic mass is 16.6. The van der Waals surface area contributed by atoms with Crippen LogP contribution in [0.3, 0.4) is 0 Å². The number of hydrogen-bond donors (Lipinski definition) is 1. The molecule has 1 fully saturated rings. The number of para-hydroxylation sites is 1. The summed E-state index contributed by atoms with van der Waals surface area (Å²) in [7, 11) is 0. The van der Waals surface area contributed by atoms with E-state index in [4.69, 9.17) is 15.2 Å². The summed E-state index contributed by atoms with van der Waals surface area (Å²) in [6.45, 7) is 6.80. The molecule has 0 bridgehead atoms. The van der Waals surface area contributed by atoms with Crippen LogP contribution >= 0.6 is 0 Å². The molecule has 1 unspecified atom stereocenters. The van der Waals surface area contributed by atoms with Crippen LogP contribution in [0.4, 0.5) is 5.69 Å². The summed E-state index contributed by atoms with van der Waals surface area (Å²) in [6, 6.07) is 5.85. The molecule has 0 spiro atoms. The number of rotatable bonds is 3. The normalized spacial score (nSPS) is 22.6. The van der Waals surface area contributed by atoms with E-state index in [0.717, 1.165) is 29.8 Å². The fourth-order valence-electron chi connectivity index (χ4n) is 2.16. The van der Waals surface area contributed by atoms with Gasteiger partial charge in [-0.1, -0.05) is 12.1 Å². The van der Waals surface area contributed by atoms with E-state index in [2.05, 4.69) is 13.8 Å². The molecular weight excluding hydrogens is 214 g/mol. The van der Waals surface area contributed by atoms with E-state index >= 15 is 0 Å². The molecule has 94 valence electrons. The second-order valence-corrected chi connectivity index (χ2v) is 5.34. The summed E-state index contributed by atoms with van der Waals surface area (Å²) >= 11 is 0. The molecule has 1 saturated heterocycles. The van der Waals surface area contributed by atoms with Gasteiger partial charge in [0.15, 0.2) is 0 Å². The highest BCUT2D eigenvalue weighted by Crippen LogP contribution is 2.31. The first kappa shape index (κ1) is 12.2. The second-order valence-electron chi connectivity index (χ2n) is 5.34. The van der Waals surface area contributed by atoms with Gasteiger partial charge in [-0.2, -0.15) is 0 Å². The molecular formula is C14H21NO2. The van der Waals surface area contributed by atoms with Gasteiger partial charge in [0.05, 0.1) is 17.4 Å². The van der Waals surface area contributed by atoms with Crippen molar-refractivity contribution in [3.63, 3.8) is 0 Å². The predicted molar refractivity (Wildman–Crippen MR) is 69.3 cm³/mol. The molecule has 2 N–H and O–H groups in total. The van der Waals surface area contributed by atoms with Gasteiger partial charge in [-0.3, -0.25) is 0 Å². The van der Waals surface area contributed by atoms with Crippen molar-refractivity contribution in [2.24, 2.45) is 0 Å². The van der Waals surface area contributed by atoms with Crippen LogP contribution in [-0.4, -0.2) is 18.3 Å². The molecule has 0 saturated carbocycles. The van der Waals surface area contributed by atoms with E-state index in [1.54, 1.807) is 0 Å². The van der Waals surface area contributed by atoms with E-state index in [-0.39, 0.29) is 11.7 Å². The van der Waals surface area contributed by atoms with E-state index in [9.17, 15) is 0 Å². The highest BCUT2D eigenvalue weighted by molar-refractivity contribution is 5.57.